The van der Waals surface area contributed by atoms with Crippen molar-refractivity contribution in [3.8, 4) is 0 Å². The van der Waals surface area contributed by atoms with Crippen LogP contribution >= 0.6 is 11.3 Å². The molecular weight excluding hydrogens is 310 g/mol. The van der Waals surface area contributed by atoms with Gasteiger partial charge in [0.15, 0.2) is 11.8 Å². The molecule has 0 atom stereocenters. The maximum atomic E-state index is 5.26. The molecule has 0 radical (unpaired) electrons. The first-order valence-corrected chi connectivity index (χ1v) is 9.10. The monoisotopic (exact) mass is 333 g/mol. The molecule has 0 bridgehead atoms. The maximum absolute atomic E-state index is 5.26. The van der Waals surface area contributed by atoms with Gasteiger partial charge in [-0.2, -0.15) is 4.98 Å². The van der Waals surface area contributed by atoms with Crippen LogP contribution < -0.4 is 10.6 Å². The summed E-state index contributed by atoms with van der Waals surface area (Å²) in [6.07, 6.45) is 4.40. The fraction of sp³-hybridized carbons (Fsp3) is 0.562. The Kier molecular flexibility index (Phi) is 5.63. The first-order chi connectivity index (χ1) is 11.3. The molecule has 1 aliphatic carbocycles. The van der Waals surface area contributed by atoms with Crippen molar-refractivity contribution in [2.45, 2.75) is 45.1 Å². The average molecular weight is 333 g/mol. The van der Waals surface area contributed by atoms with Crippen molar-refractivity contribution in [1.82, 2.24) is 20.8 Å². The molecule has 0 unspecified atom stereocenters. The van der Waals surface area contributed by atoms with E-state index in [0.29, 0.717) is 18.4 Å². The second kappa shape index (κ2) is 8.10. The normalized spacial score (nSPS) is 14.9. The predicted molar refractivity (Wildman–Crippen MR) is 91.7 cm³/mol. The molecule has 0 saturated heterocycles. The van der Waals surface area contributed by atoms with Gasteiger partial charge in [-0.25, -0.2) is 4.99 Å². The minimum atomic E-state index is 0.414. The highest BCUT2D eigenvalue weighted by Gasteiger charge is 2.28. The molecule has 1 aliphatic rings. The molecule has 124 valence electrons. The highest BCUT2D eigenvalue weighted by atomic mass is 32.1. The van der Waals surface area contributed by atoms with E-state index in [1.54, 1.807) is 11.3 Å². The number of rotatable bonds is 8. The van der Waals surface area contributed by atoms with Crippen LogP contribution in [-0.4, -0.2) is 29.2 Å². The number of aromatic nitrogens is 2. The molecule has 1 fully saturated rings. The largest absolute Gasteiger partial charge is 0.356 e. The van der Waals surface area contributed by atoms with Crippen molar-refractivity contribution in [2.75, 3.05) is 13.1 Å². The van der Waals surface area contributed by atoms with E-state index in [-0.39, 0.29) is 0 Å². The number of thiophene rings is 1. The predicted octanol–water partition coefficient (Wildman–Crippen LogP) is 2.70. The quantitative estimate of drug-likeness (QED) is 0.574. The Bertz CT molecular complexity index is 618. The molecule has 6 nitrogen and oxygen atoms in total. The fourth-order valence-electron chi connectivity index (χ4n) is 2.16. The third-order valence-corrected chi connectivity index (χ3v) is 4.52. The van der Waals surface area contributed by atoms with E-state index in [2.05, 4.69) is 50.2 Å². The Morgan fingerprint density at radius 3 is 3.00 bits per heavy atom. The summed E-state index contributed by atoms with van der Waals surface area (Å²) in [5, 5.41) is 12.8. The van der Waals surface area contributed by atoms with E-state index in [0.717, 1.165) is 37.7 Å². The van der Waals surface area contributed by atoms with Crippen molar-refractivity contribution < 1.29 is 4.52 Å². The molecule has 2 aromatic heterocycles. The molecule has 7 heteroatoms. The van der Waals surface area contributed by atoms with Gasteiger partial charge in [-0.1, -0.05) is 18.1 Å². The van der Waals surface area contributed by atoms with Gasteiger partial charge in [-0.15, -0.1) is 11.3 Å². The Labute approximate surface area is 140 Å². The summed E-state index contributed by atoms with van der Waals surface area (Å²) in [5.41, 5.74) is 0. The number of hydrogen-bond donors (Lipinski definition) is 2. The number of nitrogens with one attached hydrogen (secondary N) is 2. The first-order valence-electron chi connectivity index (χ1n) is 8.22. The Hall–Kier alpha value is -1.89. The lowest BCUT2D eigenvalue weighted by molar-refractivity contribution is 0.374. The third-order valence-electron chi connectivity index (χ3n) is 3.59. The van der Waals surface area contributed by atoms with Gasteiger partial charge in [0.05, 0.1) is 0 Å². The lowest BCUT2D eigenvalue weighted by Crippen LogP contribution is -2.38. The summed E-state index contributed by atoms with van der Waals surface area (Å²) < 4.78 is 5.26. The van der Waals surface area contributed by atoms with Gasteiger partial charge in [-0.3, -0.25) is 0 Å². The maximum Gasteiger partial charge on any atom is 0.248 e. The first kappa shape index (κ1) is 16.0. The van der Waals surface area contributed by atoms with Crippen LogP contribution in [-0.2, 0) is 13.0 Å². The van der Waals surface area contributed by atoms with E-state index < -0.39 is 0 Å². The molecule has 0 amide bonds. The summed E-state index contributed by atoms with van der Waals surface area (Å²) in [6.45, 7) is 4.29. The number of guanidine groups is 1. The Morgan fingerprint density at radius 1 is 1.39 bits per heavy atom. The Morgan fingerprint density at radius 2 is 2.26 bits per heavy atom. The van der Waals surface area contributed by atoms with Crippen LogP contribution in [0.25, 0.3) is 0 Å². The van der Waals surface area contributed by atoms with Gasteiger partial charge in [0.25, 0.3) is 0 Å². The van der Waals surface area contributed by atoms with E-state index in [9.17, 15) is 0 Å². The van der Waals surface area contributed by atoms with E-state index in [4.69, 9.17) is 4.52 Å². The molecular formula is C16H23N5OS. The van der Waals surface area contributed by atoms with E-state index >= 15 is 0 Å². The second-order valence-electron chi connectivity index (χ2n) is 5.67. The van der Waals surface area contributed by atoms with E-state index in [1.807, 2.05) is 0 Å². The molecule has 0 aliphatic heterocycles. The summed E-state index contributed by atoms with van der Waals surface area (Å²) in [6, 6.07) is 4.23. The molecule has 2 aromatic rings. The Balaban J connectivity index is 1.50. The lowest BCUT2D eigenvalue weighted by Gasteiger charge is -2.11. The van der Waals surface area contributed by atoms with Crippen LogP contribution in [0, 0.1) is 0 Å². The zero-order valence-electron chi connectivity index (χ0n) is 13.4. The van der Waals surface area contributed by atoms with Crippen LogP contribution in [0.15, 0.2) is 27.0 Å². The van der Waals surface area contributed by atoms with Crippen LogP contribution in [0.2, 0.25) is 0 Å². The highest BCUT2D eigenvalue weighted by molar-refractivity contribution is 7.09. The zero-order chi connectivity index (χ0) is 15.9. The van der Waals surface area contributed by atoms with Gasteiger partial charge in [0.2, 0.25) is 5.89 Å². The minimum Gasteiger partial charge on any atom is -0.356 e. The van der Waals surface area contributed by atoms with Crippen LogP contribution in [0.1, 0.15) is 48.7 Å². The van der Waals surface area contributed by atoms with Gasteiger partial charge in [0.1, 0.15) is 6.54 Å². The average Bonchev–Trinajstić information content (AvgIpc) is 3.09. The second-order valence-corrected chi connectivity index (χ2v) is 6.70. The number of hydrogen-bond acceptors (Lipinski definition) is 5. The lowest BCUT2D eigenvalue weighted by atomic mass is 10.3. The molecule has 23 heavy (non-hydrogen) atoms. The van der Waals surface area contributed by atoms with Crippen molar-refractivity contribution in [1.29, 1.82) is 0 Å². The van der Waals surface area contributed by atoms with Gasteiger partial charge in [0, 0.05) is 23.9 Å². The standard InChI is InChI=1S/C16H23N5OS/c1-2-8-17-16(18-9-7-13-4-3-10-23-13)19-11-14-20-15(21-22-14)12-5-6-12/h3-4,10,12H,2,5-9,11H2,1H3,(H2,17,18,19). The van der Waals surface area contributed by atoms with Crippen molar-refractivity contribution >= 4 is 17.3 Å². The van der Waals surface area contributed by atoms with Gasteiger partial charge in [-0.05, 0) is 37.1 Å². The summed E-state index contributed by atoms with van der Waals surface area (Å²) in [4.78, 5) is 10.3. The molecule has 0 spiro atoms. The molecule has 2 heterocycles. The smallest absolute Gasteiger partial charge is 0.248 e. The molecule has 2 N–H and O–H groups in total. The summed E-state index contributed by atoms with van der Waals surface area (Å²) in [7, 11) is 0. The fourth-order valence-corrected chi connectivity index (χ4v) is 2.87. The van der Waals surface area contributed by atoms with Crippen molar-refractivity contribution in [3.63, 3.8) is 0 Å². The highest BCUT2D eigenvalue weighted by Crippen LogP contribution is 2.38. The van der Waals surface area contributed by atoms with E-state index in [1.165, 1.54) is 17.7 Å². The minimum absolute atomic E-state index is 0.414. The number of aliphatic imine (C=N–C) groups is 1. The molecule has 0 aromatic carbocycles. The molecule has 3 rings (SSSR count). The summed E-state index contributed by atoms with van der Waals surface area (Å²) >= 11 is 1.78. The zero-order valence-corrected chi connectivity index (χ0v) is 14.2. The van der Waals surface area contributed by atoms with Crippen LogP contribution in [0.4, 0.5) is 0 Å². The van der Waals surface area contributed by atoms with Crippen molar-refractivity contribution in [2.24, 2.45) is 4.99 Å². The topological polar surface area (TPSA) is 75.3 Å². The number of nitrogens with zero attached hydrogens (tertiary/aromatic N) is 3. The van der Waals surface area contributed by atoms with Gasteiger partial charge < -0.3 is 15.2 Å². The third kappa shape index (κ3) is 5.06. The van der Waals surface area contributed by atoms with Gasteiger partial charge >= 0.3 is 0 Å². The molecule has 1 saturated carbocycles. The van der Waals surface area contributed by atoms with Crippen molar-refractivity contribution in [3.05, 3.63) is 34.1 Å². The van der Waals surface area contributed by atoms with Crippen LogP contribution in [0.5, 0.6) is 0 Å². The van der Waals surface area contributed by atoms with Crippen LogP contribution in [0.3, 0.4) is 0 Å². The SMILES string of the molecule is CCCNC(=NCc1nc(C2CC2)no1)NCCc1cccs1. The summed E-state index contributed by atoms with van der Waals surface area (Å²) in [5.74, 6) is 2.74.